The zero-order valence-corrected chi connectivity index (χ0v) is 13.4. The first-order valence-corrected chi connectivity index (χ1v) is 8.00. The van der Waals surface area contributed by atoms with Crippen LogP contribution < -0.4 is 0 Å². The molecule has 0 bridgehead atoms. The third kappa shape index (κ3) is 2.96. The van der Waals surface area contributed by atoms with Gasteiger partial charge >= 0.3 is 0 Å². The lowest BCUT2D eigenvalue weighted by molar-refractivity contribution is 0.997. The number of fused-ring (bicyclic) bond motifs is 1. The maximum atomic E-state index is 9.28. The molecular weight excluding hydrogens is 308 g/mol. The first kappa shape index (κ1) is 15.0. The highest BCUT2D eigenvalue weighted by molar-refractivity contribution is 5.96. The summed E-state index contributed by atoms with van der Waals surface area (Å²) < 4.78 is 0. The molecule has 4 heteroatoms. The molecule has 118 valence electrons. The Morgan fingerprint density at radius 1 is 0.840 bits per heavy atom. The van der Waals surface area contributed by atoms with Crippen LogP contribution in [0.2, 0.25) is 0 Å². The molecule has 4 aromatic rings. The molecule has 0 radical (unpaired) electrons. The van der Waals surface area contributed by atoms with Gasteiger partial charge in [0.25, 0.3) is 0 Å². The number of pyridine rings is 1. The van der Waals surface area contributed by atoms with Gasteiger partial charge in [-0.2, -0.15) is 5.26 Å². The molecule has 2 aromatic carbocycles. The fraction of sp³-hybridized carbons (Fsp3) is 0.0476. The lowest BCUT2D eigenvalue weighted by Gasteiger charge is -2.11. The fourth-order valence-corrected chi connectivity index (χ4v) is 2.97. The number of nitriles is 1. The van der Waals surface area contributed by atoms with Crippen molar-refractivity contribution in [1.82, 2.24) is 15.0 Å². The summed E-state index contributed by atoms with van der Waals surface area (Å²) in [5, 5.41) is 10.3. The van der Waals surface area contributed by atoms with E-state index in [1.54, 1.807) is 6.20 Å². The molecule has 25 heavy (non-hydrogen) atoms. The first-order valence-electron chi connectivity index (χ1n) is 8.00. The average molecular weight is 322 g/mol. The molecule has 0 amide bonds. The molecule has 0 aliphatic carbocycles. The standard InChI is InChI=1S/C21H14N4/c22-14-20-24-18-11-6-10-17(15-7-2-1-3-8-15)21(18)19(25-20)13-16-9-4-5-12-23-16/h1-12H,13H2. The van der Waals surface area contributed by atoms with Crippen molar-refractivity contribution in [3.63, 3.8) is 0 Å². The van der Waals surface area contributed by atoms with E-state index in [4.69, 9.17) is 0 Å². The van der Waals surface area contributed by atoms with Crippen LogP contribution in [0.3, 0.4) is 0 Å². The predicted molar refractivity (Wildman–Crippen MR) is 96.7 cm³/mol. The van der Waals surface area contributed by atoms with Crippen LogP contribution in [0.15, 0.2) is 72.9 Å². The zero-order chi connectivity index (χ0) is 17.1. The van der Waals surface area contributed by atoms with Crippen LogP contribution in [-0.2, 0) is 6.42 Å². The van der Waals surface area contributed by atoms with Crippen molar-refractivity contribution in [2.45, 2.75) is 6.42 Å². The molecule has 0 spiro atoms. The Hall–Kier alpha value is -3.58. The van der Waals surface area contributed by atoms with Crippen molar-refractivity contribution in [3.8, 4) is 17.2 Å². The Morgan fingerprint density at radius 2 is 1.68 bits per heavy atom. The van der Waals surface area contributed by atoms with Crippen molar-refractivity contribution < 1.29 is 0 Å². The van der Waals surface area contributed by atoms with Gasteiger partial charge in [-0.15, -0.1) is 0 Å². The van der Waals surface area contributed by atoms with Crippen molar-refractivity contribution in [2.24, 2.45) is 0 Å². The summed E-state index contributed by atoms with van der Waals surface area (Å²) >= 11 is 0. The van der Waals surface area contributed by atoms with Crippen LogP contribution in [0.1, 0.15) is 17.2 Å². The average Bonchev–Trinajstić information content (AvgIpc) is 2.68. The van der Waals surface area contributed by atoms with Crippen molar-refractivity contribution in [3.05, 3.63) is 90.1 Å². The molecule has 0 saturated heterocycles. The minimum Gasteiger partial charge on any atom is -0.261 e. The molecule has 4 rings (SSSR count). The summed E-state index contributed by atoms with van der Waals surface area (Å²) in [7, 11) is 0. The highest BCUT2D eigenvalue weighted by atomic mass is 14.9. The summed E-state index contributed by atoms with van der Waals surface area (Å²) in [5.41, 5.74) is 4.67. The van der Waals surface area contributed by atoms with Gasteiger partial charge in [0.15, 0.2) is 0 Å². The van der Waals surface area contributed by atoms with Gasteiger partial charge in [0.05, 0.1) is 11.2 Å². The largest absolute Gasteiger partial charge is 0.261 e. The quantitative estimate of drug-likeness (QED) is 0.568. The molecule has 0 aliphatic heterocycles. The summed E-state index contributed by atoms with van der Waals surface area (Å²) in [6, 6.07) is 24.0. The molecule has 2 heterocycles. The molecule has 0 unspecified atom stereocenters. The minimum absolute atomic E-state index is 0.184. The maximum absolute atomic E-state index is 9.28. The SMILES string of the molecule is N#Cc1nc(Cc2ccccn2)c2c(-c3ccccc3)cccc2n1. The second-order valence-corrected chi connectivity index (χ2v) is 5.67. The topological polar surface area (TPSA) is 62.5 Å². The molecule has 2 aromatic heterocycles. The van der Waals surface area contributed by atoms with Crippen LogP contribution in [0.5, 0.6) is 0 Å². The molecule has 0 aliphatic rings. The minimum atomic E-state index is 0.184. The number of hydrogen-bond acceptors (Lipinski definition) is 4. The molecular formula is C21H14N4. The van der Waals surface area contributed by atoms with Gasteiger partial charge in [-0.05, 0) is 29.3 Å². The van der Waals surface area contributed by atoms with Crippen LogP contribution >= 0.6 is 0 Å². The number of aromatic nitrogens is 3. The number of nitrogens with zero attached hydrogens (tertiary/aromatic N) is 4. The molecule has 0 saturated carbocycles. The summed E-state index contributed by atoms with van der Waals surface area (Å²) in [6.45, 7) is 0. The van der Waals surface area contributed by atoms with E-state index >= 15 is 0 Å². The Bertz CT molecular complexity index is 1070. The normalized spacial score (nSPS) is 10.5. The molecule has 4 nitrogen and oxygen atoms in total. The first-order chi connectivity index (χ1) is 12.3. The van der Waals surface area contributed by atoms with E-state index in [1.165, 1.54) is 0 Å². The number of hydrogen-bond donors (Lipinski definition) is 0. The van der Waals surface area contributed by atoms with E-state index in [0.717, 1.165) is 33.4 Å². The van der Waals surface area contributed by atoms with Gasteiger partial charge in [-0.25, -0.2) is 9.97 Å². The second kappa shape index (κ2) is 6.50. The predicted octanol–water partition coefficient (Wildman–Crippen LogP) is 4.15. The van der Waals surface area contributed by atoms with Gasteiger partial charge in [0, 0.05) is 23.7 Å². The third-order valence-electron chi connectivity index (χ3n) is 4.06. The fourth-order valence-electron chi connectivity index (χ4n) is 2.97. The van der Waals surface area contributed by atoms with E-state index in [9.17, 15) is 5.26 Å². The number of rotatable bonds is 3. The highest BCUT2D eigenvalue weighted by Crippen LogP contribution is 2.30. The van der Waals surface area contributed by atoms with Gasteiger partial charge < -0.3 is 0 Å². The van der Waals surface area contributed by atoms with Crippen molar-refractivity contribution in [1.29, 1.82) is 5.26 Å². The highest BCUT2D eigenvalue weighted by Gasteiger charge is 2.13. The van der Waals surface area contributed by atoms with E-state index in [2.05, 4.69) is 39.2 Å². The van der Waals surface area contributed by atoms with Gasteiger partial charge in [-0.1, -0.05) is 48.5 Å². The van der Waals surface area contributed by atoms with Gasteiger partial charge in [0.2, 0.25) is 5.82 Å². The Labute approximate surface area is 145 Å². The summed E-state index contributed by atoms with van der Waals surface area (Å²) in [5.74, 6) is 0.184. The molecule has 0 fully saturated rings. The van der Waals surface area contributed by atoms with Crippen molar-refractivity contribution >= 4 is 10.9 Å². The van der Waals surface area contributed by atoms with Crippen LogP contribution in [-0.4, -0.2) is 15.0 Å². The monoisotopic (exact) mass is 322 g/mol. The van der Waals surface area contributed by atoms with E-state index in [1.807, 2.05) is 48.5 Å². The van der Waals surface area contributed by atoms with Crippen molar-refractivity contribution in [2.75, 3.05) is 0 Å². The van der Waals surface area contributed by atoms with Crippen LogP contribution in [0.25, 0.3) is 22.0 Å². The van der Waals surface area contributed by atoms with E-state index in [0.29, 0.717) is 6.42 Å². The van der Waals surface area contributed by atoms with Crippen LogP contribution in [0, 0.1) is 11.3 Å². The number of benzene rings is 2. The molecule has 0 atom stereocenters. The lowest BCUT2D eigenvalue weighted by atomic mass is 9.98. The molecule has 0 N–H and O–H groups in total. The van der Waals surface area contributed by atoms with E-state index in [-0.39, 0.29) is 5.82 Å². The Morgan fingerprint density at radius 3 is 2.44 bits per heavy atom. The van der Waals surface area contributed by atoms with Crippen LogP contribution in [0.4, 0.5) is 0 Å². The van der Waals surface area contributed by atoms with Gasteiger partial charge in [0.1, 0.15) is 6.07 Å². The second-order valence-electron chi connectivity index (χ2n) is 5.67. The van der Waals surface area contributed by atoms with Gasteiger partial charge in [-0.3, -0.25) is 4.98 Å². The zero-order valence-electron chi connectivity index (χ0n) is 13.4. The van der Waals surface area contributed by atoms with E-state index < -0.39 is 0 Å². The lowest BCUT2D eigenvalue weighted by Crippen LogP contribution is -2.02. The Kier molecular flexibility index (Phi) is 3.89. The third-order valence-corrected chi connectivity index (χ3v) is 4.06. The Balaban J connectivity index is 1.98. The summed E-state index contributed by atoms with van der Waals surface area (Å²) in [4.78, 5) is 13.3. The summed E-state index contributed by atoms with van der Waals surface area (Å²) in [6.07, 6.45) is 2.32. The smallest absolute Gasteiger partial charge is 0.233 e. The maximum Gasteiger partial charge on any atom is 0.233 e.